The summed E-state index contributed by atoms with van der Waals surface area (Å²) < 4.78 is 0. The number of H-pyrrole nitrogens is 1. The largest absolute Gasteiger partial charge is 0.328 e. The number of nitrogens with one attached hydrogen (secondary N) is 1. The smallest absolute Gasteiger partial charge is 0.252 e. The molecule has 0 aliphatic carbocycles. The molecule has 1 N–H and O–H groups in total. The van der Waals surface area contributed by atoms with Gasteiger partial charge in [0, 0.05) is 11.8 Å². The molecule has 0 atom stereocenters. The van der Waals surface area contributed by atoms with Gasteiger partial charge >= 0.3 is 0 Å². The highest BCUT2D eigenvalue weighted by atomic mass is 16.1. The van der Waals surface area contributed by atoms with Crippen LogP contribution in [0.15, 0.2) is 47.4 Å². The molecule has 2 rings (SSSR count). The van der Waals surface area contributed by atoms with Gasteiger partial charge in [0.05, 0.1) is 12.5 Å². The van der Waals surface area contributed by atoms with E-state index >= 15 is 0 Å². The van der Waals surface area contributed by atoms with E-state index in [0.717, 1.165) is 11.1 Å². The van der Waals surface area contributed by atoms with Crippen molar-refractivity contribution in [2.75, 3.05) is 0 Å². The predicted molar refractivity (Wildman–Crippen MR) is 61.8 cm³/mol. The van der Waals surface area contributed by atoms with Gasteiger partial charge in [0.25, 0.3) is 5.56 Å². The van der Waals surface area contributed by atoms with Crippen LogP contribution in [-0.2, 0) is 6.42 Å². The van der Waals surface area contributed by atoms with E-state index < -0.39 is 0 Å². The van der Waals surface area contributed by atoms with E-state index in [9.17, 15) is 4.79 Å². The van der Waals surface area contributed by atoms with E-state index in [4.69, 9.17) is 5.26 Å². The van der Waals surface area contributed by atoms with Crippen LogP contribution in [0.1, 0.15) is 5.56 Å². The van der Waals surface area contributed by atoms with Gasteiger partial charge in [-0.1, -0.05) is 30.3 Å². The lowest BCUT2D eigenvalue weighted by Crippen LogP contribution is -2.11. The van der Waals surface area contributed by atoms with Crippen LogP contribution in [0.25, 0.3) is 11.1 Å². The Kier molecular flexibility index (Phi) is 2.84. The summed E-state index contributed by atoms with van der Waals surface area (Å²) in [7, 11) is 0. The molecule has 3 heteroatoms. The van der Waals surface area contributed by atoms with Gasteiger partial charge in [-0.2, -0.15) is 5.26 Å². The number of aromatic nitrogens is 1. The number of pyridine rings is 1. The fourth-order valence-electron chi connectivity index (χ4n) is 1.54. The second-order valence-corrected chi connectivity index (χ2v) is 3.44. The standard InChI is InChI=1S/C13H10N2O/c14-7-6-11-8-12(9-15-13(11)16)10-4-2-1-3-5-10/h1-5,8-9H,6H2,(H,15,16). The highest BCUT2D eigenvalue weighted by molar-refractivity contribution is 5.62. The summed E-state index contributed by atoms with van der Waals surface area (Å²) >= 11 is 0. The minimum absolute atomic E-state index is 0.135. The third kappa shape index (κ3) is 2.01. The van der Waals surface area contributed by atoms with E-state index in [1.54, 1.807) is 12.3 Å². The number of benzene rings is 1. The van der Waals surface area contributed by atoms with Crippen molar-refractivity contribution >= 4 is 0 Å². The summed E-state index contributed by atoms with van der Waals surface area (Å²) in [5.74, 6) is 0. The van der Waals surface area contributed by atoms with Crippen LogP contribution in [0, 0.1) is 11.3 Å². The van der Waals surface area contributed by atoms with Crippen molar-refractivity contribution < 1.29 is 0 Å². The number of nitriles is 1. The molecule has 0 aliphatic heterocycles. The first-order valence-corrected chi connectivity index (χ1v) is 4.95. The lowest BCUT2D eigenvalue weighted by Gasteiger charge is -2.02. The Labute approximate surface area is 93.0 Å². The summed E-state index contributed by atoms with van der Waals surface area (Å²) in [6.45, 7) is 0. The van der Waals surface area contributed by atoms with Gasteiger partial charge in [-0.3, -0.25) is 4.79 Å². The van der Waals surface area contributed by atoms with Crippen molar-refractivity contribution in [2.24, 2.45) is 0 Å². The molecule has 1 aromatic heterocycles. The lowest BCUT2D eigenvalue weighted by atomic mass is 10.1. The molecule has 0 spiro atoms. The van der Waals surface area contributed by atoms with Crippen LogP contribution in [0.4, 0.5) is 0 Å². The van der Waals surface area contributed by atoms with Crippen LogP contribution in [0.5, 0.6) is 0 Å². The number of nitrogens with zero attached hydrogens (tertiary/aromatic N) is 1. The Bertz CT molecular complexity index is 579. The summed E-state index contributed by atoms with van der Waals surface area (Å²) in [6.07, 6.45) is 1.80. The third-order valence-electron chi connectivity index (χ3n) is 2.36. The van der Waals surface area contributed by atoms with E-state index in [1.807, 2.05) is 36.4 Å². The molecular formula is C13H10N2O. The fraction of sp³-hybridized carbons (Fsp3) is 0.0769. The van der Waals surface area contributed by atoms with Crippen molar-refractivity contribution in [3.63, 3.8) is 0 Å². The van der Waals surface area contributed by atoms with Crippen LogP contribution >= 0.6 is 0 Å². The number of hydrogen-bond acceptors (Lipinski definition) is 2. The van der Waals surface area contributed by atoms with Crippen molar-refractivity contribution in [1.82, 2.24) is 4.98 Å². The van der Waals surface area contributed by atoms with Gasteiger partial charge in [0.2, 0.25) is 0 Å². The zero-order chi connectivity index (χ0) is 11.4. The second-order valence-electron chi connectivity index (χ2n) is 3.44. The zero-order valence-corrected chi connectivity index (χ0v) is 8.60. The summed E-state index contributed by atoms with van der Waals surface area (Å²) in [5.41, 5.74) is 2.26. The maximum absolute atomic E-state index is 11.4. The van der Waals surface area contributed by atoms with Crippen LogP contribution < -0.4 is 5.56 Å². The average Bonchev–Trinajstić information content (AvgIpc) is 2.33. The molecule has 0 saturated heterocycles. The van der Waals surface area contributed by atoms with E-state index in [-0.39, 0.29) is 12.0 Å². The molecular weight excluding hydrogens is 200 g/mol. The van der Waals surface area contributed by atoms with Gasteiger partial charge < -0.3 is 4.98 Å². The van der Waals surface area contributed by atoms with E-state index in [0.29, 0.717) is 5.56 Å². The molecule has 0 aliphatic rings. The second kappa shape index (κ2) is 4.45. The van der Waals surface area contributed by atoms with Crippen LogP contribution in [0.2, 0.25) is 0 Å². The summed E-state index contributed by atoms with van der Waals surface area (Å²) in [6, 6.07) is 13.5. The van der Waals surface area contributed by atoms with Gasteiger partial charge in [0.1, 0.15) is 0 Å². The number of hydrogen-bond donors (Lipinski definition) is 1. The number of aromatic amines is 1. The molecule has 1 aromatic carbocycles. The van der Waals surface area contributed by atoms with Crippen LogP contribution in [0.3, 0.4) is 0 Å². The van der Waals surface area contributed by atoms with Gasteiger partial charge in [-0.05, 0) is 17.2 Å². The first-order valence-electron chi connectivity index (χ1n) is 4.95. The fourth-order valence-corrected chi connectivity index (χ4v) is 1.54. The van der Waals surface area contributed by atoms with Gasteiger partial charge in [0.15, 0.2) is 0 Å². The Balaban J connectivity index is 2.49. The molecule has 0 saturated carbocycles. The molecule has 2 aromatic rings. The Hall–Kier alpha value is -2.34. The van der Waals surface area contributed by atoms with Gasteiger partial charge in [-0.15, -0.1) is 0 Å². The van der Waals surface area contributed by atoms with Crippen molar-refractivity contribution in [1.29, 1.82) is 5.26 Å². The molecule has 3 nitrogen and oxygen atoms in total. The molecule has 1 heterocycles. The van der Waals surface area contributed by atoms with Crippen molar-refractivity contribution in [3.05, 3.63) is 58.5 Å². The first kappa shape index (κ1) is 10.2. The molecule has 0 fully saturated rings. The van der Waals surface area contributed by atoms with E-state index in [1.165, 1.54) is 0 Å². The molecule has 78 valence electrons. The number of rotatable bonds is 2. The maximum Gasteiger partial charge on any atom is 0.252 e. The average molecular weight is 210 g/mol. The van der Waals surface area contributed by atoms with E-state index in [2.05, 4.69) is 4.98 Å². The molecule has 0 radical (unpaired) electrons. The normalized spacial score (nSPS) is 9.69. The quantitative estimate of drug-likeness (QED) is 0.825. The van der Waals surface area contributed by atoms with Crippen LogP contribution in [-0.4, -0.2) is 4.98 Å². The molecule has 0 amide bonds. The predicted octanol–water partition coefficient (Wildman–Crippen LogP) is 2.11. The Morgan fingerprint density at radius 2 is 1.94 bits per heavy atom. The highest BCUT2D eigenvalue weighted by Crippen LogP contribution is 2.17. The molecule has 0 unspecified atom stereocenters. The molecule has 16 heavy (non-hydrogen) atoms. The third-order valence-corrected chi connectivity index (χ3v) is 2.36. The molecule has 0 bridgehead atoms. The SMILES string of the molecule is N#CCc1cc(-c2ccccc2)c[nH]c1=O. The minimum Gasteiger partial charge on any atom is -0.328 e. The van der Waals surface area contributed by atoms with Crippen molar-refractivity contribution in [2.45, 2.75) is 6.42 Å². The Morgan fingerprint density at radius 1 is 1.19 bits per heavy atom. The minimum atomic E-state index is -0.193. The zero-order valence-electron chi connectivity index (χ0n) is 8.60. The van der Waals surface area contributed by atoms with Gasteiger partial charge in [-0.25, -0.2) is 0 Å². The topological polar surface area (TPSA) is 56.6 Å². The van der Waals surface area contributed by atoms with Crippen molar-refractivity contribution in [3.8, 4) is 17.2 Å². The maximum atomic E-state index is 11.4. The first-order chi connectivity index (χ1) is 7.81. The summed E-state index contributed by atoms with van der Waals surface area (Å²) in [5, 5.41) is 8.60. The monoisotopic (exact) mass is 210 g/mol. The highest BCUT2D eigenvalue weighted by Gasteiger charge is 2.02. The lowest BCUT2D eigenvalue weighted by molar-refractivity contribution is 1.13. The summed E-state index contributed by atoms with van der Waals surface area (Å²) in [4.78, 5) is 14.0. The Morgan fingerprint density at radius 3 is 2.62 bits per heavy atom.